The number of benzene rings is 3. The zero-order valence-corrected chi connectivity index (χ0v) is 21.4. The lowest BCUT2D eigenvalue weighted by Crippen LogP contribution is -2.23. The molecule has 196 valence electrons. The van der Waals surface area contributed by atoms with Crippen molar-refractivity contribution in [1.29, 1.82) is 0 Å². The molecule has 2 N–H and O–H groups in total. The molecule has 1 aromatic heterocycles. The summed E-state index contributed by atoms with van der Waals surface area (Å²) in [6.07, 6.45) is 3.36. The van der Waals surface area contributed by atoms with Gasteiger partial charge in [0.25, 0.3) is 0 Å². The third-order valence-electron chi connectivity index (χ3n) is 6.64. The van der Waals surface area contributed by atoms with Crippen LogP contribution in [-0.2, 0) is 9.53 Å². The summed E-state index contributed by atoms with van der Waals surface area (Å²) in [7, 11) is 0. The standard InChI is InChI=1S/C30H27FN6O2/c1-19(38)33-30-11-8-22(18-32-30)35-25-16-27-29(17-26(25)34-21-12-14-39-15-13-21)37(23-9-6-20(31)7-10-23)28-5-3-2-4-24(28)36-27/h2-11,16-18,21,35H,12-15H2,1H3,(H,32,33,38)/b34-26+. The van der Waals surface area contributed by atoms with Gasteiger partial charge in [0.15, 0.2) is 0 Å². The van der Waals surface area contributed by atoms with Gasteiger partial charge in [-0.15, -0.1) is 0 Å². The Morgan fingerprint density at radius 2 is 1.85 bits per heavy atom. The number of halogens is 1. The molecule has 3 aliphatic rings. The smallest absolute Gasteiger partial charge is 0.222 e. The number of anilines is 3. The lowest BCUT2D eigenvalue weighted by atomic mass is 10.1. The second-order valence-electron chi connectivity index (χ2n) is 9.48. The average molecular weight is 523 g/mol. The molecule has 8 nitrogen and oxygen atoms in total. The summed E-state index contributed by atoms with van der Waals surface area (Å²) in [5.41, 5.74) is 5.71. The van der Waals surface area contributed by atoms with Gasteiger partial charge < -0.3 is 19.9 Å². The Balaban J connectivity index is 1.54. The Hall–Kier alpha value is -4.63. The van der Waals surface area contributed by atoms with E-state index in [-0.39, 0.29) is 17.8 Å². The summed E-state index contributed by atoms with van der Waals surface area (Å²) in [5.74, 6) is 0.0111. The molecule has 39 heavy (non-hydrogen) atoms. The van der Waals surface area contributed by atoms with Crippen molar-refractivity contribution in [1.82, 2.24) is 14.5 Å². The fourth-order valence-corrected chi connectivity index (χ4v) is 4.81. The van der Waals surface area contributed by atoms with Crippen LogP contribution in [0.2, 0.25) is 0 Å². The van der Waals surface area contributed by atoms with Crippen LogP contribution in [0.15, 0.2) is 84.0 Å². The van der Waals surface area contributed by atoms with Gasteiger partial charge in [-0.05, 0) is 73.5 Å². The number of carbonyl (C=O) groups is 1. The van der Waals surface area contributed by atoms with Crippen molar-refractivity contribution in [3.8, 4) is 17.1 Å². The van der Waals surface area contributed by atoms with Crippen LogP contribution in [0.1, 0.15) is 19.8 Å². The van der Waals surface area contributed by atoms with E-state index in [1.165, 1.54) is 19.1 Å². The second kappa shape index (κ2) is 10.6. The Morgan fingerprint density at radius 3 is 2.59 bits per heavy atom. The van der Waals surface area contributed by atoms with Gasteiger partial charge >= 0.3 is 0 Å². The van der Waals surface area contributed by atoms with Gasteiger partial charge in [-0.1, -0.05) is 12.1 Å². The molecule has 1 fully saturated rings. The van der Waals surface area contributed by atoms with Crippen LogP contribution in [0.25, 0.3) is 28.1 Å². The number of fused-ring (bicyclic) bond motifs is 2. The van der Waals surface area contributed by atoms with E-state index in [1.54, 1.807) is 24.4 Å². The Labute approximate surface area is 224 Å². The van der Waals surface area contributed by atoms with Crippen molar-refractivity contribution in [2.24, 2.45) is 4.99 Å². The van der Waals surface area contributed by atoms with Crippen molar-refractivity contribution in [3.05, 3.63) is 90.2 Å². The molecule has 2 aliphatic heterocycles. The van der Waals surface area contributed by atoms with Gasteiger partial charge in [0.05, 0.1) is 51.4 Å². The van der Waals surface area contributed by atoms with Crippen LogP contribution >= 0.6 is 0 Å². The number of amides is 1. The number of rotatable bonds is 5. The molecule has 0 saturated carbocycles. The van der Waals surface area contributed by atoms with Crippen LogP contribution in [0.5, 0.6) is 0 Å². The first kappa shape index (κ1) is 24.7. The molecule has 9 heteroatoms. The summed E-state index contributed by atoms with van der Waals surface area (Å²) in [6.45, 7) is 2.81. The Bertz CT molecular complexity index is 1680. The minimum Gasteiger partial charge on any atom is -0.381 e. The van der Waals surface area contributed by atoms with Gasteiger partial charge in [0.1, 0.15) is 11.6 Å². The fraction of sp³-hybridized carbons (Fsp3) is 0.200. The summed E-state index contributed by atoms with van der Waals surface area (Å²) in [5, 5.41) is 6.92. The molecule has 3 heterocycles. The van der Waals surface area contributed by atoms with Gasteiger partial charge in [0.2, 0.25) is 5.91 Å². The summed E-state index contributed by atoms with van der Waals surface area (Å²) in [6, 6.07) is 22.1. The van der Waals surface area contributed by atoms with Gasteiger partial charge in [-0.2, -0.15) is 0 Å². The molecular formula is C30H27FN6O2. The summed E-state index contributed by atoms with van der Waals surface area (Å²) in [4.78, 5) is 25.8. The highest BCUT2D eigenvalue weighted by atomic mass is 19.1. The fourth-order valence-electron chi connectivity index (χ4n) is 4.81. The quantitative estimate of drug-likeness (QED) is 0.300. The van der Waals surface area contributed by atoms with Gasteiger partial charge in [-0.25, -0.2) is 14.4 Å². The number of aromatic nitrogens is 3. The molecule has 0 unspecified atom stereocenters. The largest absolute Gasteiger partial charge is 0.381 e. The van der Waals surface area contributed by atoms with E-state index in [9.17, 15) is 9.18 Å². The van der Waals surface area contributed by atoms with Crippen molar-refractivity contribution in [2.75, 3.05) is 23.8 Å². The maximum Gasteiger partial charge on any atom is 0.222 e. The number of carbonyl (C=O) groups excluding carboxylic acids is 1. The molecular weight excluding hydrogens is 495 g/mol. The first-order valence-electron chi connectivity index (χ1n) is 12.9. The van der Waals surface area contributed by atoms with E-state index >= 15 is 0 Å². The number of nitrogens with one attached hydrogen (secondary N) is 2. The van der Waals surface area contributed by atoms with Crippen molar-refractivity contribution < 1.29 is 13.9 Å². The molecule has 1 saturated heterocycles. The Morgan fingerprint density at radius 1 is 1.05 bits per heavy atom. The molecule has 0 radical (unpaired) electrons. The van der Waals surface area contributed by atoms with E-state index in [2.05, 4.69) is 20.2 Å². The normalized spacial score (nSPS) is 14.6. The van der Waals surface area contributed by atoms with Crippen molar-refractivity contribution >= 4 is 34.1 Å². The lowest BCUT2D eigenvalue weighted by Gasteiger charge is -2.22. The lowest BCUT2D eigenvalue weighted by molar-refractivity contribution is -0.114. The predicted molar refractivity (Wildman–Crippen MR) is 149 cm³/mol. The molecule has 0 atom stereocenters. The van der Waals surface area contributed by atoms with Crippen LogP contribution in [0.4, 0.5) is 21.6 Å². The highest BCUT2D eigenvalue weighted by molar-refractivity contribution is 5.88. The average Bonchev–Trinajstić information content (AvgIpc) is 2.94. The third kappa shape index (κ3) is 5.35. The van der Waals surface area contributed by atoms with E-state index in [1.807, 2.05) is 42.5 Å². The van der Waals surface area contributed by atoms with Gasteiger partial charge in [0, 0.05) is 25.8 Å². The Kier molecular flexibility index (Phi) is 6.73. The third-order valence-corrected chi connectivity index (χ3v) is 6.64. The zero-order valence-electron chi connectivity index (χ0n) is 21.4. The van der Waals surface area contributed by atoms with Crippen LogP contribution < -0.4 is 16.0 Å². The molecule has 0 spiro atoms. The molecule has 1 amide bonds. The van der Waals surface area contributed by atoms with Crippen LogP contribution in [0, 0.1) is 5.82 Å². The predicted octanol–water partition coefficient (Wildman–Crippen LogP) is 5.45. The highest BCUT2D eigenvalue weighted by Gasteiger charge is 2.18. The van der Waals surface area contributed by atoms with E-state index in [0.717, 1.165) is 57.7 Å². The minimum atomic E-state index is -0.290. The zero-order chi connectivity index (χ0) is 26.8. The number of hydrogen-bond donors (Lipinski definition) is 2. The first-order chi connectivity index (χ1) is 19.0. The van der Waals surface area contributed by atoms with Crippen LogP contribution in [-0.4, -0.2) is 39.7 Å². The highest BCUT2D eigenvalue weighted by Crippen LogP contribution is 2.30. The molecule has 1 aliphatic carbocycles. The number of nitrogens with zero attached hydrogens (tertiary/aromatic N) is 4. The van der Waals surface area contributed by atoms with Gasteiger partial charge in [-0.3, -0.25) is 9.79 Å². The summed E-state index contributed by atoms with van der Waals surface area (Å²) >= 11 is 0. The SMILES string of the molecule is CC(=O)Nc1ccc(Nc2cc3nc4ccccc4n(-c4ccc(F)cc4)c-3c/c2=N\C2CCOCC2)cn1. The maximum atomic E-state index is 13.8. The number of para-hydroxylation sites is 2. The van der Waals surface area contributed by atoms with Crippen LogP contribution in [0.3, 0.4) is 0 Å². The molecule has 6 rings (SSSR count). The molecule has 0 bridgehead atoms. The number of pyridine rings is 1. The van der Waals surface area contributed by atoms with Crippen molar-refractivity contribution in [3.63, 3.8) is 0 Å². The monoisotopic (exact) mass is 522 g/mol. The topological polar surface area (TPSA) is 93.4 Å². The minimum absolute atomic E-state index is 0.129. The number of hydrogen-bond acceptors (Lipinski definition) is 6. The second-order valence-corrected chi connectivity index (χ2v) is 9.48. The van der Waals surface area contributed by atoms with Crippen molar-refractivity contribution in [2.45, 2.75) is 25.8 Å². The van der Waals surface area contributed by atoms with E-state index < -0.39 is 0 Å². The van der Waals surface area contributed by atoms with E-state index in [0.29, 0.717) is 19.0 Å². The van der Waals surface area contributed by atoms with E-state index in [4.69, 9.17) is 14.7 Å². The maximum absolute atomic E-state index is 13.8. The number of ether oxygens (including phenoxy) is 1. The first-order valence-corrected chi connectivity index (χ1v) is 12.9. The molecule has 2 aromatic carbocycles. The summed E-state index contributed by atoms with van der Waals surface area (Å²) < 4.78 is 21.5. The molecule has 3 aromatic rings.